The molecule has 2 aromatic rings. The maximum atomic E-state index is 12.5. The molecule has 0 spiro atoms. The Kier molecular flexibility index (Phi) is 4.39. The van der Waals surface area contributed by atoms with Gasteiger partial charge in [0.1, 0.15) is 5.60 Å². The number of imidazole rings is 1. The van der Waals surface area contributed by atoms with Gasteiger partial charge in [0.25, 0.3) is 0 Å². The molecular formula is C18H25N3O3. The third kappa shape index (κ3) is 3.47. The molecule has 0 bridgehead atoms. The van der Waals surface area contributed by atoms with E-state index in [4.69, 9.17) is 4.74 Å². The van der Waals surface area contributed by atoms with Crippen molar-refractivity contribution in [2.45, 2.75) is 58.2 Å². The van der Waals surface area contributed by atoms with Crippen molar-refractivity contribution in [2.75, 3.05) is 6.54 Å². The van der Waals surface area contributed by atoms with Crippen LogP contribution in [0.25, 0.3) is 11.0 Å². The van der Waals surface area contributed by atoms with Gasteiger partial charge in [-0.3, -0.25) is 4.57 Å². The predicted molar refractivity (Wildman–Crippen MR) is 93.1 cm³/mol. The van der Waals surface area contributed by atoms with Gasteiger partial charge in [0.2, 0.25) is 0 Å². The first-order chi connectivity index (χ1) is 11.3. The van der Waals surface area contributed by atoms with Gasteiger partial charge in [-0.15, -0.1) is 0 Å². The normalized spacial score (nSPS) is 18.8. The van der Waals surface area contributed by atoms with Gasteiger partial charge < -0.3 is 14.6 Å². The van der Waals surface area contributed by atoms with Crippen LogP contribution >= 0.6 is 0 Å². The fraction of sp³-hybridized carbons (Fsp3) is 0.556. The van der Waals surface area contributed by atoms with E-state index in [2.05, 4.69) is 4.98 Å². The number of hydrogen-bond donors (Lipinski definition) is 1. The number of carbonyl (C=O) groups is 1. The second kappa shape index (κ2) is 6.34. The third-order valence-electron chi connectivity index (χ3n) is 4.33. The van der Waals surface area contributed by atoms with Gasteiger partial charge in [-0.2, -0.15) is 0 Å². The van der Waals surface area contributed by atoms with E-state index in [0.717, 1.165) is 30.3 Å². The molecule has 1 atom stereocenters. The summed E-state index contributed by atoms with van der Waals surface area (Å²) in [5.74, 6) is 0. The molecule has 1 aliphatic heterocycles. The van der Waals surface area contributed by atoms with Crippen LogP contribution in [0.3, 0.4) is 0 Å². The van der Waals surface area contributed by atoms with Crippen molar-refractivity contribution in [3.63, 3.8) is 0 Å². The molecule has 1 saturated heterocycles. The highest BCUT2D eigenvalue weighted by molar-refractivity contribution is 5.75. The second-order valence-corrected chi connectivity index (χ2v) is 7.38. The smallest absolute Gasteiger partial charge is 0.410 e. The molecule has 1 aromatic carbocycles. The first-order valence-corrected chi connectivity index (χ1v) is 8.52. The second-order valence-electron chi connectivity index (χ2n) is 7.38. The predicted octanol–water partition coefficient (Wildman–Crippen LogP) is 3.12. The number of likely N-dealkylation sites (tertiary alicyclic amines) is 1. The first kappa shape index (κ1) is 16.6. The minimum atomic E-state index is -0.517. The standard InChI is InChI=1S/C18H25N3O3/c1-18(2,3)24-17(23)20-11-7-6-8-13(20)12-21-15-10-5-4-9-14(15)19-16(21)22/h4-5,9-10,13H,6-8,11-12H2,1-3H3,(H,19,22). The number of H-pyrrole nitrogens is 1. The summed E-state index contributed by atoms with van der Waals surface area (Å²) in [5, 5.41) is 0. The summed E-state index contributed by atoms with van der Waals surface area (Å²) in [7, 11) is 0. The molecule has 3 rings (SSSR count). The summed E-state index contributed by atoms with van der Waals surface area (Å²) < 4.78 is 7.26. The largest absolute Gasteiger partial charge is 0.444 e. The molecule has 0 saturated carbocycles. The number of hydrogen-bond acceptors (Lipinski definition) is 3. The number of carbonyl (C=O) groups excluding carboxylic acids is 1. The van der Waals surface area contributed by atoms with Gasteiger partial charge in [-0.1, -0.05) is 12.1 Å². The Hall–Kier alpha value is -2.24. The van der Waals surface area contributed by atoms with Crippen LogP contribution < -0.4 is 5.69 Å². The van der Waals surface area contributed by atoms with Crippen LogP contribution in [-0.2, 0) is 11.3 Å². The zero-order valence-electron chi connectivity index (χ0n) is 14.5. The van der Waals surface area contributed by atoms with E-state index in [9.17, 15) is 9.59 Å². The molecule has 1 unspecified atom stereocenters. The van der Waals surface area contributed by atoms with Crippen LogP contribution in [-0.4, -0.2) is 38.7 Å². The highest BCUT2D eigenvalue weighted by atomic mass is 16.6. The van der Waals surface area contributed by atoms with Crippen molar-refractivity contribution in [3.8, 4) is 0 Å². The molecule has 1 amide bonds. The lowest BCUT2D eigenvalue weighted by Gasteiger charge is -2.36. The summed E-state index contributed by atoms with van der Waals surface area (Å²) in [5.41, 5.74) is 1.04. The minimum absolute atomic E-state index is 0.0227. The SMILES string of the molecule is CC(C)(C)OC(=O)N1CCCCC1Cn1c(=O)[nH]c2ccccc21. The quantitative estimate of drug-likeness (QED) is 0.919. The average molecular weight is 331 g/mol. The van der Waals surface area contributed by atoms with Gasteiger partial charge in [-0.25, -0.2) is 9.59 Å². The summed E-state index contributed by atoms with van der Waals surface area (Å²) in [6, 6.07) is 7.60. The number of fused-ring (bicyclic) bond motifs is 1. The number of para-hydroxylation sites is 2. The number of amides is 1. The van der Waals surface area contributed by atoms with Crippen molar-refractivity contribution < 1.29 is 9.53 Å². The van der Waals surface area contributed by atoms with Crippen LogP contribution in [0.4, 0.5) is 4.79 Å². The van der Waals surface area contributed by atoms with Crippen LogP contribution in [0, 0.1) is 0 Å². The van der Waals surface area contributed by atoms with E-state index in [1.165, 1.54) is 0 Å². The number of rotatable bonds is 2. The van der Waals surface area contributed by atoms with Crippen molar-refractivity contribution in [3.05, 3.63) is 34.7 Å². The van der Waals surface area contributed by atoms with Gasteiger partial charge in [-0.05, 0) is 52.2 Å². The summed E-state index contributed by atoms with van der Waals surface area (Å²) >= 11 is 0. The molecule has 130 valence electrons. The summed E-state index contributed by atoms with van der Waals surface area (Å²) in [6.07, 6.45) is 2.62. The Bertz CT molecular complexity index is 785. The average Bonchev–Trinajstić information content (AvgIpc) is 2.82. The molecule has 6 heteroatoms. The Labute approximate surface area is 141 Å². The molecule has 1 aromatic heterocycles. The first-order valence-electron chi connectivity index (χ1n) is 8.52. The minimum Gasteiger partial charge on any atom is -0.444 e. The number of aromatic amines is 1. The van der Waals surface area contributed by atoms with Gasteiger partial charge in [0.15, 0.2) is 0 Å². The Morgan fingerprint density at radius 2 is 2.04 bits per heavy atom. The maximum Gasteiger partial charge on any atom is 0.410 e. The number of benzene rings is 1. The number of ether oxygens (including phenoxy) is 1. The van der Waals surface area contributed by atoms with Crippen molar-refractivity contribution in [1.29, 1.82) is 0 Å². The van der Waals surface area contributed by atoms with E-state index in [0.29, 0.717) is 13.1 Å². The topological polar surface area (TPSA) is 67.3 Å². The fourth-order valence-corrected chi connectivity index (χ4v) is 3.25. The molecule has 1 N–H and O–H groups in total. The molecule has 1 aliphatic rings. The summed E-state index contributed by atoms with van der Waals surface area (Å²) in [6.45, 7) is 6.77. The Morgan fingerprint density at radius 1 is 1.29 bits per heavy atom. The number of nitrogens with zero attached hydrogens (tertiary/aromatic N) is 2. The Morgan fingerprint density at radius 3 is 2.79 bits per heavy atom. The molecule has 2 heterocycles. The molecule has 6 nitrogen and oxygen atoms in total. The van der Waals surface area contributed by atoms with E-state index >= 15 is 0 Å². The lowest BCUT2D eigenvalue weighted by molar-refractivity contribution is 0.00783. The summed E-state index contributed by atoms with van der Waals surface area (Å²) in [4.78, 5) is 29.5. The number of nitrogens with one attached hydrogen (secondary N) is 1. The van der Waals surface area contributed by atoms with Crippen molar-refractivity contribution in [2.24, 2.45) is 0 Å². The number of piperidine rings is 1. The molecule has 0 radical (unpaired) electrons. The van der Waals surface area contributed by atoms with E-state index < -0.39 is 5.60 Å². The van der Waals surface area contributed by atoms with Crippen LogP contribution in [0.15, 0.2) is 29.1 Å². The van der Waals surface area contributed by atoms with E-state index in [1.807, 2.05) is 45.0 Å². The maximum absolute atomic E-state index is 12.5. The van der Waals surface area contributed by atoms with Gasteiger partial charge in [0, 0.05) is 13.1 Å². The zero-order chi connectivity index (χ0) is 17.3. The molecule has 0 aliphatic carbocycles. The van der Waals surface area contributed by atoms with Crippen LogP contribution in [0.2, 0.25) is 0 Å². The van der Waals surface area contributed by atoms with E-state index in [-0.39, 0.29) is 17.8 Å². The van der Waals surface area contributed by atoms with Crippen LogP contribution in [0.1, 0.15) is 40.0 Å². The van der Waals surface area contributed by atoms with Gasteiger partial charge >= 0.3 is 11.8 Å². The molecule has 24 heavy (non-hydrogen) atoms. The fourth-order valence-electron chi connectivity index (χ4n) is 3.25. The van der Waals surface area contributed by atoms with Crippen molar-refractivity contribution in [1.82, 2.24) is 14.5 Å². The van der Waals surface area contributed by atoms with E-state index in [1.54, 1.807) is 9.47 Å². The molecular weight excluding hydrogens is 306 g/mol. The highest BCUT2D eigenvalue weighted by Gasteiger charge is 2.31. The third-order valence-corrected chi connectivity index (χ3v) is 4.33. The lowest BCUT2D eigenvalue weighted by Crippen LogP contribution is -2.48. The van der Waals surface area contributed by atoms with Gasteiger partial charge in [0.05, 0.1) is 17.1 Å². The van der Waals surface area contributed by atoms with Crippen LogP contribution in [0.5, 0.6) is 0 Å². The highest BCUT2D eigenvalue weighted by Crippen LogP contribution is 2.22. The molecule has 1 fully saturated rings. The Balaban J connectivity index is 1.84. The lowest BCUT2D eigenvalue weighted by atomic mass is 10.0. The van der Waals surface area contributed by atoms with Crippen molar-refractivity contribution >= 4 is 17.1 Å². The zero-order valence-corrected chi connectivity index (χ0v) is 14.5. The number of aromatic nitrogens is 2. The monoisotopic (exact) mass is 331 g/mol.